The van der Waals surface area contributed by atoms with Gasteiger partial charge in [-0.05, 0) is 36.4 Å². The van der Waals surface area contributed by atoms with Crippen LogP contribution < -0.4 is 5.32 Å². The van der Waals surface area contributed by atoms with Crippen LogP contribution in [0, 0.1) is 5.82 Å². The van der Waals surface area contributed by atoms with Gasteiger partial charge in [-0.3, -0.25) is 0 Å². The molecular weight excluding hydrogens is 251 g/mol. The van der Waals surface area contributed by atoms with E-state index in [-0.39, 0.29) is 5.82 Å². The Kier molecular flexibility index (Phi) is 3.50. The number of halogens is 1. The highest BCUT2D eigenvalue weighted by atomic mass is 19.1. The highest BCUT2D eigenvalue weighted by Crippen LogP contribution is 2.16. The number of hydrogen-bond donors (Lipinski definition) is 1. The molecule has 3 aromatic rings. The third kappa shape index (κ3) is 2.72. The second-order valence-corrected chi connectivity index (χ2v) is 4.59. The maximum atomic E-state index is 13.6. The van der Waals surface area contributed by atoms with Crippen LogP contribution >= 0.6 is 0 Å². The van der Waals surface area contributed by atoms with Gasteiger partial charge >= 0.3 is 0 Å². The van der Waals surface area contributed by atoms with Gasteiger partial charge in [-0.1, -0.05) is 24.3 Å². The largest absolute Gasteiger partial charge is 0.381 e. The second kappa shape index (κ2) is 5.61. The summed E-state index contributed by atoms with van der Waals surface area (Å²) in [4.78, 5) is 0. The lowest BCUT2D eigenvalue weighted by molar-refractivity contribution is 0.613. The summed E-state index contributed by atoms with van der Waals surface area (Å²) in [5.74, 6) is -0.179. The molecule has 0 amide bonds. The Balaban J connectivity index is 1.75. The summed E-state index contributed by atoms with van der Waals surface area (Å²) in [6.45, 7) is 0.474. The molecule has 0 radical (unpaired) electrons. The Hall–Kier alpha value is -2.55. The summed E-state index contributed by atoms with van der Waals surface area (Å²) in [7, 11) is 0. The van der Waals surface area contributed by atoms with Crippen molar-refractivity contribution in [1.82, 2.24) is 4.57 Å². The van der Waals surface area contributed by atoms with Gasteiger partial charge in [0, 0.05) is 35.9 Å². The molecule has 3 heteroatoms. The first-order valence-corrected chi connectivity index (χ1v) is 6.53. The Bertz CT molecular complexity index is 690. The first-order chi connectivity index (χ1) is 9.83. The van der Waals surface area contributed by atoms with Gasteiger partial charge in [-0.2, -0.15) is 0 Å². The Labute approximate surface area is 117 Å². The molecule has 0 atom stereocenters. The highest BCUT2D eigenvalue weighted by Gasteiger charge is 2.01. The summed E-state index contributed by atoms with van der Waals surface area (Å²) in [5.41, 5.74) is 2.71. The molecule has 1 heterocycles. The lowest BCUT2D eigenvalue weighted by atomic mass is 10.2. The van der Waals surface area contributed by atoms with Crippen molar-refractivity contribution in [2.24, 2.45) is 0 Å². The van der Waals surface area contributed by atoms with Gasteiger partial charge in [0.1, 0.15) is 5.82 Å². The van der Waals surface area contributed by atoms with Crippen molar-refractivity contribution < 1.29 is 4.39 Å². The minimum absolute atomic E-state index is 0.179. The predicted molar refractivity (Wildman–Crippen MR) is 79.5 cm³/mol. The molecule has 0 saturated carbocycles. The summed E-state index contributed by atoms with van der Waals surface area (Å²) in [6, 6.07) is 18.8. The Morgan fingerprint density at radius 3 is 2.50 bits per heavy atom. The fraction of sp³-hybridized carbons (Fsp3) is 0.0588. The number of aromatic nitrogens is 1. The Morgan fingerprint density at radius 1 is 0.900 bits per heavy atom. The zero-order valence-electron chi connectivity index (χ0n) is 11.0. The third-order valence-electron chi connectivity index (χ3n) is 3.19. The van der Waals surface area contributed by atoms with E-state index in [0.717, 1.165) is 11.4 Å². The molecule has 0 aliphatic heterocycles. The van der Waals surface area contributed by atoms with E-state index in [1.165, 1.54) is 6.07 Å². The van der Waals surface area contributed by atoms with Crippen LogP contribution in [0.1, 0.15) is 5.56 Å². The fourth-order valence-corrected chi connectivity index (χ4v) is 2.12. The van der Waals surface area contributed by atoms with Crippen molar-refractivity contribution in [3.8, 4) is 5.69 Å². The Morgan fingerprint density at radius 2 is 1.70 bits per heavy atom. The maximum absolute atomic E-state index is 13.6. The van der Waals surface area contributed by atoms with E-state index >= 15 is 0 Å². The molecule has 2 nitrogen and oxygen atoms in total. The number of anilines is 1. The zero-order chi connectivity index (χ0) is 13.8. The average Bonchev–Trinajstić information content (AvgIpc) is 3.01. The summed E-state index contributed by atoms with van der Waals surface area (Å²) in [6.07, 6.45) is 3.99. The lowest BCUT2D eigenvalue weighted by Gasteiger charge is -2.10. The molecule has 0 fully saturated rings. The molecule has 20 heavy (non-hydrogen) atoms. The highest BCUT2D eigenvalue weighted by molar-refractivity contribution is 5.51. The molecule has 0 bridgehead atoms. The monoisotopic (exact) mass is 266 g/mol. The molecule has 2 aromatic carbocycles. The van der Waals surface area contributed by atoms with Crippen LogP contribution in [0.25, 0.3) is 5.69 Å². The van der Waals surface area contributed by atoms with Crippen LogP contribution in [0.5, 0.6) is 0 Å². The fourth-order valence-electron chi connectivity index (χ4n) is 2.12. The quantitative estimate of drug-likeness (QED) is 0.747. The van der Waals surface area contributed by atoms with E-state index in [1.807, 2.05) is 59.4 Å². The standard InChI is InChI=1S/C17H15FN2/c18-17-9-2-1-6-14(17)13-19-15-7-5-8-16(12-15)20-10-3-4-11-20/h1-12,19H,13H2. The minimum atomic E-state index is -0.179. The van der Waals surface area contributed by atoms with E-state index in [1.54, 1.807) is 12.1 Å². The summed E-state index contributed by atoms with van der Waals surface area (Å²) >= 11 is 0. The van der Waals surface area contributed by atoms with Gasteiger partial charge in [0.05, 0.1) is 0 Å². The first-order valence-electron chi connectivity index (χ1n) is 6.53. The molecule has 1 aromatic heterocycles. The number of rotatable bonds is 4. The van der Waals surface area contributed by atoms with Gasteiger partial charge in [0.2, 0.25) is 0 Å². The maximum Gasteiger partial charge on any atom is 0.128 e. The second-order valence-electron chi connectivity index (χ2n) is 4.59. The zero-order valence-corrected chi connectivity index (χ0v) is 11.0. The van der Waals surface area contributed by atoms with Gasteiger partial charge in [0.25, 0.3) is 0 Å². The molecule has 0 spiro atoms. The van der Waals surface area contributed by atoms with E-state index in [0.29, 0.717) is 12.1 Å². The number of hydrogen-bond acceptors (Lipinski definition) is 1. The van der Waals surface area contributed by atoms with E-state index in [2.05, 4.69) is 5.32 Å². The van der Waals surface area contributed by atoms with Crippen molar-refractivity contribution in [3.05, 3.63) is 84.4 Å². The number of nitrogens with zero attached hydrogens (tertiary/aromatic N) is 1. The SMILES string of the molecule is Fc1ccccc1CNc1cccc(-n2cccc2)c1. The van der Waals surface area contributed by atoms with Crippen molar-refractivity contribution in [2.45, 2.75) is 6.54 Å². The van der Waals surface area contributed by atoms with Crippen LogP contribution in [0.15, 0.2) is 73.1 Å². The minimum Gasteiger partial charge on any atom is -0.381 e. The van der Waals surface area contributed by atoms with Gasteiger partial charge < -0.3 is 9.88 Å². The van der Waals surface area contributed by atoms with Crippen molar-refractivity contribution >= 4 is 5.69 Å². The van der Waals surface area contributed by atoms with Crippen molar-refractivity contribution in [2.75, 3.05) is 5.32 Å². The predicted octanol–water partition coefficient (Wildman–Crippen LogP) is 4.23. The third-order valence-corrected chi connectivity index (χ3v) is 3.19. The van der Waals surface area contributed by atoms with Crippen molar-refractivity contribution in [3.63, 3.8) is 0 Å². The van der Waals surface area contributed by atoms with Gasteiger partial charge in [-0.15, -0.1) is 0 Å². The molecule has 0 aliphatic carbocycles. The number of benzene rings is 2. The van der Waals surface area contributed by atoms with Crippen LogP contribution in [0.4, 0.5) is 10.1 Å². The summed E-state index contributed by atoms with van der Waals surface area (Å²) in [5, 5.41) is 3.25. The van der Waals surface area contributed by atoms with Crippen LogP contribution in [-0.4, -0.2) is 4.57 Å². The summed E-state index contributed by atoms with van der Waals surface area (Å²) < 4.78 is 15.6. The number of nitrogens with one attached hydrogen (secondary N) is 1. The molecule has 0 unspecified atom stereocenters. The van der Waals surface area contributed by atoms with Gasteiger partial charge in [0.15, 0.2) is 0 Å². The smallest absolute Gasteiger partial charge is 0.128 e. The molecule has 0 saturated heterocycles. The molecule has 100 valence electrons. The first kappa shape index (κ1) is 12.5. The molecule has 0 aliphatic rings. The normalized spacial score (nSPS) is 10.4. The average molecular weight is 266 g/mol. The van der Waals surface area contributed by atoms with E-state index < -0.39 is 0 Å². The molecule has 3 rings (SSSR count). The lowest BCUT2D eigenvalue weighted by Crippen LogP contribution is -2.02. The van der Waals surface area contributed by atoms with Crippen molar-refractivity contribution in [1.29, 1.82) is 0 Å². The van der Waals surface area contributed by atoms with Crippen LogP contribution in [0.3, 0.4) is 0 Å². The topological polar surface area (TPSA) is 17.0 Å². The van der Waals surface area contributed by atoms with E-state index in [4.69, 9.17) is 0 Å². The molecular formula is C17H15FN2. The van der Waals surface area contributed by atoms with Crippen LogP contribution in [-0.2, 0) is 6.54 Å². The van der Waals surface area contributed by atoms with Gasteiger partial charge in [-0.25, -0.2) is 4.39 Å². The van der Waals surface area contributed by atoms with Crippen LogP contribution in [0.2, 0.25) is 0 Å². The van der Waals surface area contributed by atoms with E-state index in [9.17, 15) is 4.39 Å². The molecule has 1 N–H and O–H groups in total.